The minimum atomic E-state index is -0.479. The molecule has 1 N–H and O–H groups in total. The van der Waals surface area contributed by atoms with Crippen molar-refractivity contribution in [3.63, 3.8) is 0 Å². The normalized spacial score (nSPS) is 11.4. The lowest BCUT2D eigenvalue weighted by Crippen LogP contribution is -2.19. The molecule has 0 fully saturated rings. The zero-order valence-corrected chi connectivity index (χ0v) is 16.0. The number of nitro benzene ring substituents is 1. The first-order chi connectivity index (χ1) is 14.5. The molecule has 30 heavy (non-hydrogen) atoms. The molecule has 0 radical (unpaired) electrons. The lowest BCUT2D eigenvalue weighted by molar-refractivity contribution is -0.384. The van der Waals surface area contributed by atoms with Gasteiger partial charge in [-0.3, -0.25) is 30.0 Å². The molecule has 0 aliphatic rings. The number of aliphatic imine (C=N–C) groups is 1. The topological polar surface area (TPSA) is 106 Å². The van der Waals surface area contributed by atoms with Crippen LogP contribution in [-0.2, 0) is 0 Å². The molecule has 8 nitrogen and oxygen atoms in total. The van der Waals surface area contributed by atoms with Gasteiger partial charge in [0, 0.05) is 23.9 Å². The van der Waals surface area contributed by atoms with Gasteiger partial charge >= 0.3 is 0 Å². The van der Waals surface area contributed by atoms with Crippen LogP contribution in [0.4, 0.5) is 11.4 Å². The Labute approximate surface area is 171 Å². The molecule has 4 aromatic rings. The average Bonchev–Trinajstić information content (AvgIpc) is 3.12. The van der Waals surface area contributed by atoms with Crippen molar-refractivity contribution in [3.05, 3.63) is 105 Å². The molecule has 0 saturated carbocycles. The maximum absolute atomic E-state index is 13.3. The molecule has 0 spiro atoms. The molecule has 0 aliphatic carbocycles. The van der Waals surface area contributed by atoms with Gasteiger partial charge in [-0.05, 0) is 31.2 Å². The number of nitrogens with one attached hydrogen (secondary N) is 1. The zero-order chi connectivity index (χ0) is 21.1. The molecule has 148 valence electrons. The Kier molecular flexibility index (Phi) is 5.04. The molecule has 2 heterocycles. The first-order valence-electron chi connectivity index (χ1n) is 9.15. The number of nitrogens with zero attached hydrogens (tertiary/aromatic N) is 4. The summed E-state index contributed by atoms with van der Waals surface area (Å²) >= 11 is 0. The van der Waals surface area contributed by atoms with Gasteiger partial charge in [-0.1, -0.05) is 30.3 Å². The number of hydrogen-bond acceptors (Lipinski definition) is 5. The number of aromatic nitrogens is 3. The van der Waals surface area contributed by atoms with E-state index in [0.29, 0.717) is 28.3 Å². The molecule has 0 aliphatic heterocycles. The van der Waals surface area contributed by atoms with Crippen molar-refractivity contribution in [3.8, 4) is 16.9 Å². The van der Waals surface area contributed by atoms with E-state index in [9.17, 15) is 14.9 Å². The summed E-state index contributed by atoms with van der Waals surface area (Å²) in [5.41, 5.74) is 3.17. The van der Waals surface area contributed by atoms with E-state index in [1.54, 1.807) is 31.5 Å². The summed E-state index contributed by atoms with van der Waals surface area (Å²) in [5, 5.41) is 14.1. The molecule has 0 unspecified atom stereocenters. The summed E-state index contributed by atoms with van der Waals surface area (Å²) in [4.78, 5) is 32.4. The summed E-state index contributed by atoms with van der Waals surface area (Å²) in [6.45, 7) is 1.77. The van der Waals surface area contributed by atoms with Crippen molar-refractivity contribution in [2.75, 3.05) is 0 Å². The van der Waals surface area contributed by atoms with Crippen LogP contribution in [0.15, 0.2) is 88.9 Å². The summed E-state index contributed by atoms with van der Waals surface area (Å²) in [7, 11) is 0. The Morgan fingerprint density at radius 2 is 1.80 bits per heavy atom. The van der Waals surface area contributed by atoms with Crippen LogP contribution in [0.3, 0.4) is 0 Å². The van der Waals surface area contributed by atoms with Gasteiger partial charge in [-0.15, -0.1) is 0 Å². The third-order valence-electron chi connectivity index (χ3n) is 4.58. The average molecular weight is 399 g/mol. The van der Waals surface area contributed by atoms with Crippen LogP contribution >= 0.6 is 0 Å². The highest BCUT2D eigenvalue weighted by Gasteiger charge is 2.19. The number of nitro groups is 1. The van der Waals surface area contributed by atoms with Crippen LogP contribution < -0.4 is 5.56 Å². The minimum Gasteiger partial charge on any atom is -0.290 e. The van der Waals surface area contributed by atoms with Crippen molar-refractivity contribution < 1.29 is 4.92 Å². The van der Waals surface area contributed by atoms with Gasteiger partial charge in [0.2, 0.25) is 0 Å². The molecule has 0 saturated heterocycles. The summed E-state index contributed by atoms with van der Waals surface area (Å²) < 4.78 is 1.36. The largest absolute Gasteiger partial charge is 0.290 e. The van der Waals surface area contributed by atoms with Crippen LogP contribution in [0.1, 0.15) is 12.5 Å². The van der Waals surface area contributed by atoms with Crippen molar-refractivity contribution in [2.45, 2.75) is 6.92 Å². The number of non-ortho nitro benzene ring substituents is 1. The molecular formula is C22H17N5O3. The van der Waals surface area contributed by atoms with Gasteiger partial charge in [0.05, 0.1) is 39.5 Å². The predicted octanol–water partition coefficient (Wildman–Crippen LogP) is 4.28. The van der Waals surface area contributed by atoms with Crippen LogP contribution in [0.25, 0.3) is 16.9 Å². The summed E-state index contributed by atoms with van der Waals surface area (Å²) in [5.74, 6) is 0. The van der Waals surface area contributed by atoms with Gasteiger partial charge in [0.1, 0.15) is 0 Å². The third kappa shape index (κ3) is 3.66. The standard InChI is InChI=1S/C22H17N5O3/c1-15(24-17-8-5-13-23-14-17)20-21(16-6-3-2-4-7-16)25-26(22(20)28)18-9-11-19(12-10-18)27(29)30/h2-14,25H,1H3. The van der Waals surface area contributed by atoms with Crippen molar-refractivity contribution in [2.24, 2.45) is 4.99 Å². The molecule has 4 rings (SSSR count). The zero-order valence-electron chi connectivity index (χ0n) is 16.0. The van der Waals surface area contributed by atoms with E-state index in [4.69, 9.17) is 0 Å². The van der Waals surface area contributed by atoms with E-state index >= 15 is 0 Å². The van der Waals surface area contributed by atoms with Crippen molar-refractivity contribution in [1.82, 2.24) is 14.8 Å². The first-order valence-corrected chi connectivity index (χ1v) is 9.15. The van der Waals surface area contributed by atoms with Gasteiger partial charge in [0.15, 0.2) is 0 Å². The van der Waals surface area contributed by atoms with E-state index in [1.807, 2.05) is 30.3 Å². The highest BCUT2D eigenvalue weighted by Crippen LogP contribution is 2.23. The Bertz CT molecular complexity index is 1270. The smallest absolute Gasteiger partial charge is 0.280 e. The molecular weight excluding hydrogens is 382 g/mol. The predicted molar refractivity (Wildman–Crippen MR) is 115 cm³/mol. The second kappa shape index (κ2) is 7.96. The number of H-pyrrole nitrogens is 1. The monoisotopic (exact) mass is 399 g/mol. The van der Waals surface area contributed by atoms with E-state index in [-0.39, 0.29) is 11.2 Å². The minimum absolute atomic E-state index is 0.0452. The van der Waals surface area contributed by atoms with E-state index < -0.39 is 4.92 Å². The second-order valence-electron chi connectivity index (χ2n) is 6.55. The number of hydrogen-bond donors (Lipinski definition) is 1. The van der Waals surface area contributed by atoms with Crippen LogP contribution in [0.2, 0.25) is 0 Å². The third-order valence-corrected chi connectivity index (χ3v) is 4.58. The molecule has 2 aromatic carbocycles. The highest BCUT2D eigenvalue weighted by atomic mass is 16.6. The molecule has 2 aromatic heterocycles. The highest BCUT2D eigenvalue weighted by molar-refractivity contribution is 6.04. The summed E-state index contributed by atoms with van der Waals surface area (Å²) in [6, 6.07) is 18.8. The molecule has 0 atom stereocenters. The Hall–Kier alpha value is -4.33. The number of rotatable bonds is 5. The fourth-order valence-electron chi connectivity index (χ4n) is 3.16. The maximum atomic E-state index is 13.3. The lowest BCUT2D eigenvalue weighted by atomic mass is 10.1. The fourth-order valence-corrected chi connectivity index (χ4v) is 3.16. The van der Waals surface area contributed by atoms with Gasteiger partial charge in [-0.2, -0.15) is 0 Å². The first kappa shape index (κ1) is 19.0. The number of aromatic amines is 1. The van der Waals surface area contributed by atoms with Gasteiger partial charge in [-0.25, -0.2) is 4.68 Å². The van der Waals surface area contributed by atoms with Crippen molar-refractivity contribution in [1.29, 1.82) is 0 Å². The number of benzene rings is 2. The van der Waals surface area contributed by atoms with Crippen LogP contribution in [0, 0.1) is 10.1 Å². The Morgan fingerprint density at radius 3 is 2.43 bits per heavy atom. The maximum Gasteiger partial charge on any atom is 0.280 e. The van der Waals surface area contributed by atoms with E-state index in [1.165, 1.54) is 28.9 Å². The summed E-state index contributed by atoms with van der Waals surface area (Å²) in [6.07, 6.45) is 3.27. The lowest BCUT2D eigenvalue weighted by Gasteiger charge is -2.03. The Balaban J connectivity index is 1.89. The molecule has 0 bridgehead atoms. The van der Waals surface area contributed by atoms with E-state index in [2.05, 4.69) is 15.1 Å². The van der Waals surface area contributed by atoms with Crippen LogP contribution in [0.5, 0.6) is 0 Å². The van der Waals surface area contributed by atoms with E-state index in [0.717, 1.165) is 5.56 Å². The Morgan fingerprint density at radius 1 is 1.07 bits per heavy atom. The number of pyridine rings is 1. The van der Waals surface area contributed by atoms with Crippen molar-refractivity contribution >= 4 is 17.1 Å². The molecule has 8 heteroatoms. The molecule has 0 amide bonds. The van der Waals surface area contributed by atoms with Gasteiger partial charge in [0.25, 0.3) is 11.2 Å². The fraction of sp³-hybridized carbons (Fsp3) is 0.0455. The second-order valence-corrected chi connectivity index (χ2v) is 6.55. The van der Waals surface area contributed by atoms with Crippen LogP contribution in [-0.4, -0.2) is 25.4 Å². The SMILES string of the molecule is CC(=Nc1cccnc1)c1c(-c2ccccc2)[nH]n(-c2ccc([N+](=O)[O-])cc2)c1=O. The van der Waals surface area contributed by atoms with Gasteiger partial charge < -0.3 is 0 Å². The quantitative estimate of drug-likeness (QED) is 0.307.